The van der Waals surface area contributed by atoms with Gasteiger partial charge < -0.3 is 10.1 Å². The molecule has 1 N–H and O–H groups in total. The summed E-state index contributed by atoms with van der Waals surface area (Å²) in [6.45, 7) is 1.45. The summed E-state index contributed by atoms with van der Waals surface area (Å²) in [5.41, 5.74) is 4.54. The highest BCUT2D eigenvalue weighted by atomic mass is 35.5. The zero-order valence-corrected chi connectivity index (χ0v) is 19.3. The molecule has 2 aromatic carbocycles. The first-order valence-electron chi connectivity index (χ1n) is 11.0. The van der Waals surface area contributed by atoms with Crippen molar-refractivity contribution in [3.8, 4) is 11.4 Å². The lowest BCUT2D eigenvalue weighted by Gasteiger charge is -2.15. The van der Waals surface area contributed by atoms with E-state index in [1.165, 1.54) is 29.3 Å². The fraction of sp³-hybridized carbons (Fsp3) is 0.375. The van der Waals surface area contributed by atoms with E-state index in [0.717, 1.165) is 54.5 Å². The second-order valence-corrected chi connectivity index (χ2v) is 9.61. The predicted octanol–water partition coefficient (Wildman–Crippen LogP) is 5.00. The SMILES string of the molecule is O=C(CSc1nnc(-c2ccc(Cl)cc2)n1C[C@H]1CCCO1)Nc1ccc2c(c1)CCC2. The summed E-state index contributed by atoms with van der Waals surface area (Å²) in [5, 5.41) is 13.2. The van der Waals surface area contributed by atoms with E-state index in [-0.39, 0.29) is 17.8 Å². The molecule has 5 rings (SSSR count). The Morgan fingerprint density at radius 3 is 2.78 bits per heavy atom. The molecular formula is C24H25ClN4O2S. The first kappa shape index (κ1) is 21.5. The van der Waals surface area contributed by atoms with Crippen LogP contribution in [0.1, 0.15) is 30.4 Å². The Morgan fingerprint density at radius 1 is 1.12 bits per heavy atom. The molecule has 0 bridgehead atoms. The number of fused-ring (bicyclic) bond motifs is 1. The molecular weight excluding hydrogens is 444 g/mol. The van der Waals surface area contributed by atoms with Gasteiger partial charge in [0.1, 0.15) is 0 Å². The average Bonchev–Trinajstić information content (AvgIpc) is 3.54. The molecule has 2 aliphatic rings. The van der Waals surface area contributed by atoms with Crippen LogP contribution in [0.3, 0.4) is 0 Å². The van der Waals surface area contributed by atoms with Crippen molar-refractivity contribution in [3.05, 3.63) is 58.6 Å². The van der Waals surface area contributed by atoms with Crippen molar-refractivity contribution in [1.29, 1.82) is 0 Å². The average molecular weight is 469 g/mol. The van der Waals surface area contributed by atoms with Crippen LogP contribution >= 0.6 is 23.4 Å². The molecule has 32 heavy (non-hydrogen) atoms. The van der Waals surface area contributed by atoms with Gasteiger partial charge in [-0.05, 0) is 79.6 Å². The Balaban J connectivity index is 1.30. The Labute approximate surface area is 196 Å². The quantitative estimate of drug-likeness (QED) is 0.494. The molecule has 0 spiro atoms. The van der Waals surface area contributed by atoms with Gasteiger partial charge in [0, 0.05) is 22.9 Å². The van der Waals surface area contributed by atoms with Crippen molar-refractivity contribution < 1.29 is 9.53 Å². The molecule has 1 aliphatic carbocycles. The zero-order valence-electron chi connectivity index (χ0n) is 17.7. The topological polar surface area (TPSA) is 69.0 Å². The number of nitrogens with one attached hydrogen (secondary N) is 1. The largest absolute Gasteiger partial charge is 0.376 e. The number of hydrogen-bond acceptors (Lipinski definition) is 5. The van der Waals surface area contributed by atoms with Gasteiger partial charge in [-0.25, -0.2) is 0 Å². The number of aryl methyl sites for hydroxylation is 2. The summed E-state index contributed by atoms with van der Waals surface area (Å²) in [6.07, 6.45) is 5.63. The van der Waals surface area contributed by atoms with Crippen molar-refractivity contribution in [2.24, 2.45) is 0 Å². The van der Waals surface area contributed by atoms with E-state index < -0.39 is 0 Å². The summed E-state index contributed by atoms with van der Waals surface area (Å²) < 4.78 is 7.91. The minimum Gasteiger partial charge on any atom is -0.376 e. The van der Waals surface area contributed by atoms with E-state index >= 15 is 0 Å². The van der Waals surface area contributed by atoms with E-state index in [1.54, 1.807) is 0 Å². The number of ether oxygens (including phenoxy) is 1. The zero-order chi connectivity index (χ0) is 21.9. The number of anilines is 1. The molecule has 8 heteroatoms. The maximum absolute atomic E-state index is 12.6. The fourth-order valence-electron chi connectivity index (χ4n) is 4.34. The molecule has 2 heterocycles. The van der Waals surface area contributed by atoms with Crippen LogP contribution < -0.4 is 5.32 Å². The number of amides is 1. The highest BCUT2D eigenvalue weighted by molar-refractivity contribution is 7.99. The third kappa shape index (κ3) is 4.85. The van der Waals surface area contributed by atoms with E-state index in [4.69, 9.17) is 16.3 Å². The van der Waals surface area contributed by atoms with E-state index in [1.807, 2.05) is 30.3 Å². The lowest BCUT2D eigenvalue weighted by atomic mass is 10.1. The summed E-state index contributed by atoms with van der Waals surface area (Å²) in [6, 6.07) is 13.8. The second-order valence-electron chi connectivity index (χ2n) is 8.23. The molecule has 0 saturated carbocycles. The smallest absolute Gasteiger partial charge is 0.234 e. The molecule has 1 amide bonds. The van der Waals surface area contributed by atoms with Gasteiger partial charge in [0.2, 0.25) is 5.91 Å². The highest BCUT2D eigenvalue weighted by Gasteiger charge is 2.22. The first-order chi connectivity index (χ1) is 15.7. The summed E-state index contributed by atoms with van der Waals surface area (Å²) in [4.78, 5) is 12.6. The van der Waals surface area contributed by atoms with Gasteiger partial charge in [-0.3, -0.25) is 9.36 Å². The Morgan fingerprint density at radius 2 is 1.97 bits per heavy atom. The Bertz CT molecular complexity index is 1110. The van der Waals surface area contributed by atoms with E-state index in [0.29, 0.717) is 11.6 Å². The minimum absolute atomic E-state index is 0.0485. The molecule has 1 atom stereocenters. The van der Waals surface area contributed by atoms with Crippen LogP contribution in [0.4, 0.5) is 5.69 Å². The molecule has 0 radical (unpaired) electrons. The van der Waals surface area contributed by atoms with Crippen LogP contribution in [0.15, 0.2) is 47.6 Å². The lowest BCUT2D eigenvalue weighted by molar-refractivity contribution is -0.113. The minimum atomic E-state index is -0.0485. The fourth-order valence-corrected chi connectivity index (χ4v) is 5.22. The van der Waals surface area contributed by atoms with Crippen molar-refractivity contribution in [2.45, 2.75) is 49.9 Å². The van der Waals surface area contributed by atoms with E-state index in [2.05, 4.69) is 32.2 Å². The number of halogens is 1. The van der Waals surface area contributed by atoms with Crippen LogP contribution in [0.5, 0.6) is 0 Å². The number of rotatable bonds is 7. The van der Waals surface area contributed by atoms with Crippen LogP contribution in [-0.2, 0) is 28.9 Å². The summed E-state index contributed by atoms with van der Waals surface area (Å²) in [7, 11) is 0. The van der Waals surface area contributed by atoms with Gasteiger partial charge in [0.25, 0.3) is 0 Å². The monoisotopic (exact) mass is 468 g/mol. The molecule has 1 saturated heterocycles. The second kappa shape index (κ2) is 9.65. The predicted molar refractivity (Wildman–Crippen MR) is 127 cm³/mol. The van der Waals surface area contributed by atoms with Crippen LogP contribution in [0.2, 0.25) is 5.02 Å². The van der Waals surface area contributed by atoms with Gasteiger partial charge in [0.15, 0.2) is 11.0 Å². The van der Waals surface area contributed by atoms with Crippen molar-refractivity contribution in [2.75, 3.05) is 17.7 Å². The maximum atomic E-state index is 12.6. The normalized spacial score (nSPS) is 17.5. The van der Waals surface area contributed by atoms with Gasteiger partial charge in [-0.1, -0.05) is 29.4 Å². The van der Waals surface area contributed by atoms with Crippen LogP contribution in [0.25, 0.3) is 11.4 Å². The van der Waals surface area contributed by atoms with Crippen LogP contribution in [0, 0.1) is 0 Å². The third-order valence-electron chi connectivity index (χ3n) is 5.94. The molecule has 166 valence electrons. The maximum Gasteiger partial charge on any atom is 0.234 e. The first-order valence-corrected chi connectivity index (χ1v) is 12.4. The number of aromatic nitrogens is 3. The molecule has 1 fully saturated rings. The van der Waals surface area contributed by atoms with Crippen molar-refractivity contribution >= 4 is 35.0 Å². The number of hydrogen-bond donors (Lipinski definition) is 1. The van der Waals surface area contributed by atoms with Gasteiger partial charge in [-0.2, -0.15) is 0 Å². The van der Waals surface area contributed by atoms with E-state index in [9.17, 15) is 4.79 Å². The number of carbonyl (C=O) groups excluding carboxylic acids is 1. The molecule has 0 unspecified atom stereocenters. The summed E-state index contributed by atoms with van der Waals surface area (Å²) in [5.74, 6) is 0.979. The summed E-state index contributed by atoms with van der Waals surface area (Å²) >= 11 is 7.45. The number of benzene rings is 2. The van der Waals surface area contributed by atoms with Gasteiger partial charge >= 0.3 is 0 Å². The number of nitrogens with zero attached hydrogens (tertiary/aromatic N) is 3. The van der Waals surface area contributed by atoms with Crippen molar-refractivity contribution in [1.82, 2.24) is 14.8 Å². The third-order valence-corrected chi connectivity index (χ3v) is 7.16. The Kier molecular flexibility index (Phi) is 6.48. The van der Waals surface area contributed by atoms with Crippen molar-refractivity contribution in [3.63, 3.8) is 0 Å². The lowest BCUT2D eigenvalue weighted by Crippen LogP contribution is -2.18. The Hall–Kier alpha value is -2.35. The standard InChI is InChI=1S/C24H25ClN4O2S/c25-19-9-6-17(7-10-19)23-27-28-24(29(23)14-21-5-2-12-31-21)32-15-22(30)26-20-11-8-16-3-1-4-18(16)13-20/h6-11,13,21H,1-5,12,14-15H2,(H,26,30)/t21-/m1/s1. The van der Waals surface area contributed by atoms with Gasteiger partial charge in [0.05, 0.1) is 18.4 Å². The molecule has 3 aromatic rings. The molecule has 1 aliphatic heterocycles. The molecule has 1 aromatic heterocycles. The highest BCUT2D eigenvalue weighted by Crippen LogP contribution is 2.28. The van der Waals surface area contributed by atoms with Gasteiger partial charge in [-0.15, -0.1) is 10.2 Å². The van der Waals surface area contributed by atoms with Crippen LogP contribution in [-0.4, -0.2) is 39.1 Å². The molecule has 6 nitrogen and oxygen atoms in total. The number of thioether (sulfide) groups is 1. The number of carbonyl (C=O) groups is 1.